The van der Waals surface area contributed by atoms with Crippen molar-refractivity contribution in [3.8, 4) is 0 Å². The maximum Gasteiger partial charge on any atom is 0.242 e. The molecule has 3 rings (SSSR count). The second kappa shape index (κ2) is 7.77. The van der Waals surface area contributed by atoms with Gasteiger partial charge in [0, 0.05) is 19.5 Å². The maximum atomic E-state index is 13.1. The molecular weight excluding hydrogens is 307 g/mol. The Bertz CT molecular complexity index is 588. The predicted molar refractivity (Wildman–Crippen MR) is 89.8 cm³/mol. The molecule has 0 radical (unpaired) electrons. The molecule has 0 bridgehead atoms. The smallest absolute Gasteiger partial charge is 0.242 e. The van der Waals surface area contributed by atoms with Gasteiger partial charge < -0.3 is 9.80 Å². The summed E-state index contributed by atoms with van der Waals surface area (Å²) < 4.78 is 13.1. The summed E-state index contributed by atoms with van der Waals surface area (Å²) in [7, 11) is 0. The first-order valence-corrected chi connectivity index (χ1v) is 8.98. The number of carbonyl (C=O) groups is 2. The Kier molecular flexibility index (Phi) is 5.48. The maximum absolute atomic E-state index is 13.1. The van der Waals surface area contributed by atoms with Crippen LogP contribution in [-0.2, 0) is 9.59 Å². The Labute approximate surface area is 142 Å². The summed E-state index contributed by atoms with van der Waals surface area (Å²) in [6, 6.07) is 6.37. The van der Waals surface area contributed by atoms with Gasteiger partial charge in [0.25, 0.3) is 0 Å². The van der Waals surface area contributed by atoms with E-state index in [1.807, 2.05) is 4.90 Å². The molecule has 0 N–H and O–H groups in total. The highest BCUT2D eigenvalue weighted by atomic mass is 19.1. The van der Waals surface area contributed by atoms with Gasteiger partial charge in [-0.2, -0.15) is 0 Å². The SMILES string of the molecule is O=C1CCCCCCCN1CC(=O)N1CC[C@H]1c1ccc(F)cc1. The monoisotopic (exact) mass is 332 g/mol. The van der Waals surface area contributed by atoms with Gasteiger partial charge in [-0.25, -0.2) is 4.39 Å². The topological polar surface area (TPSA) is 40.6 Å². The largest absolute Gasteiger partial charge is 0.334 e. The first-order valence-electron chi connectivity index (χ1n) is 8.98. The molecule has 0 aromatic heterocycles. The number of rotatable bonds is 3. The number of benzene rings is 1. The molecule has 0 aliphatic carbocycles. The van der Waals surface area contributed by atoms with Crippen LogP contribution in [0.2, 0.25) is 0 Å². The van der Waals surface area contributed by atoms with Crippen LogP contribution < -0.4 is 0 Å². The quantitative estimate of drug-likeness (QED) is 0.852. The first kappa shape index (κ1) is 16.9. The van der Waals surface area contributed by atoms with Crippen molar-refractivity contribution in [3.05, 3.63) is 35.6 Å². The molecule has 2 heterocycles. The van der Waals surface area contributed by atoms with Crippen LogP contribution in [0.3, 0.4) is 0 Å². The van der Waals surface area contributed by atoms with E-state index < -0.39 is 0 Å². The van der Waals surface area contributed by atoms with Crippen LogP contribution in [0.5, 0.6) is 0 Å². The normalized spacial score (nSPS) is 22.4. The third-order valence-electron chi connectivity index (χ3n) is 5.09. The van der Waals surface area contributed by atoms with Crippen molar-refractivity contribution in [3.63, 3.8) is 0 Å². The second-order valence-corrected chi connectivity index (χ2v) is 6.78. The van der Waals surface area contributed by atoms with E-state index in [0.717, 1.165) is 37.7 Å². The third kappa shape index (κ3) is 3.94. The van der Waals surface area contributed by atoms with Crippen LogP contribution in [0.4, 0.5) is 4.39 Å². The minimum absolute atomic E-state index is 0.00294. The van der Waals surface area contributed by atoms with E-state index >= 15 is 0 Å². The van der Waals surface area contributed by atoms with Gasteiger partial charge in [-0.3, -0.25) is 9.59 Å². The lowest BCUT2D eigenvalue weighted by atomic mass is 9.94. The average molecular weight is 332 g/mol. The minimum atomic E-state index is -0.266. The number of halogens is 1. The molecule has 2 aliphatic heterocycles. The molecule has 2 amide bonds. The van der Waals surface area contributed by atoms with Crippen molar-refractivity contribution < 1.29 is 14.0 Å². The number of carbonyl (C=O) groups excluding carboxylic acids is 2. The molecular formula is C19H25FN2O2. The van der Waals surface area contributed by atoms with Crippen LogP contribution in [0, 0.1) is 5.82 Å². The number of likely N-dealkylation sites (tertiary alicyclic amines) is 1. The average Bonchev–Trinajstić information content (AvgIpc) is 2.62. The summed E-state index contributed by atoms with van der Waals surface area (Å²) in [5.41, 5.74) is 0.965. The zero-order chi connectivity index (χ0) is 16.9. The van der Waals surface area contributed by atoms with E-state index in [1.54, 1.807) is 17.0 Å². The van der Waals surface area contributed by atoms with E-state index in [-0.39, 0.29) is 30.2 Å². The summed E-state index contributed by atoms with van der Waals surface area (Å²) in [6.07, 6.45) is 6.74. The Hall–Kier alpha value is -1.91. The van der Waals surface area contributed by atoms with E-state index in [2.05, 4.69) is 0 Å². The molecule has 2 fully saturated rings. The molecule has 1 atom stereocenters. The number of hydrogen-bond donors (Lipinski definition) is 0. The number of nitrogens with zero attached hydrogens (tertiary/aromatic N) is 2. The Morgan fingerprint density at radius 1 is 1.04 bits per heavy atom. The van der Waals surface area contributed by atoms with E-state index in [9.17, 15) is 14.0 Å². The van der Waals surface area contributed by atoms with Crippen molar-refractivity contribution in [1.29, 1.82) is 0 Å². The van der Waals surface area contributed by atoms with Gasteiger partial charge >= 0.3 is 0 Å². The van der Waals surface area contributed by atoms with Crippen LogP contribution in [0.25, 0.3) is 0 Å². The van der Waals surface area contributed by atoms with Gasteiger partial charge in [-0.1, -0.05) is 31.4 Å². The first-order chi connectivity index (χ1) is 11.6. The summed E-state index contributed by atoms with van der Waals surface area (Å²) in [4.78, 5) is 28.5. The molecule has 2 saturated heterocycles. The second-order valence-electron chi connectivity index (χ2n) is 6.78. The number of hydrogen-bond acceptors (Lipinski definition) is 2. The van der Waals surface area contributed by atoms with Gasteiger partial charge in [0.05, 0.1) is 12.6 Å². The Balaban J connectivity index is 1.61. The van der Waals surface area contributed by atoms with E-state index in [4.69, 9.17) is 0 Å². The zero-order valence-electron chi connectivity index (χ0n) is 14.0. The molecule has 24 heavy (non-hydrogen) atoms. The predicted octanol–water partition coefficient (Wildman–Crippen LogP) is 3.28. The summed E-state index contributed by atoms with van der Waals surface area (Å²) in [5, 5.41) is 0. The fourth-order valence-electron chi connectivity index (χ4n) is 3.53. The highest BCUT2D eigenvalue weighted by molar-refractivity contribution is 5.85. The van der Waals surface area contributed by atoms with Crippen LogP contribution >= 0.6 is 0 Å². The highest BCUT2D eigenvalue weighted by Gasteiger charge is 2.34. The molecule has 5 heteroatoms. The molecule has 2 aliphatic rings. The molecule has 0 unspecified atom stereocenters. The van der Waals surface area contributed by atoms with Crippen molar-refractivity contribution >= 4 is 11.8 Å². The standard InChI is InChI=1S/C19H25FN2O2/c20-16-9-7-15(8-10-16)17-11-13-22(17)19(24)14-21-12-5-3-1-2-4-6-18(21)23/h7-10,17H,1-6,11-14H2/t17-/m0/s1. The number of amides is 2. The van der Waals surface area contributed by atoms with Crippen LogP contribution in [0.1, 0.15) is 56.6 Å². The van der Waals surface area contributed by atoms with Gasteiger partial charge in [0.2, 0.25) is 11.8 Å². The summed E-state index contributed by atoms with van der Waals surface area (Å²) in [6.45, 7) is 1.57. The fourth-order valence-corrected chi connectivity index (χ4v) is 3.53. The summed E-state index contributed by atoms with van der Waals surface area (Å²) in [5.74, 6) is -0.162. The zero-order valence-corrected chi connectivity index (χ0v) is 14.0. The van der Waals surface area contributed by atoms with E-state index in [0.29, 0.717) is 19.5 Å². The highest BCUT2D eigenvalue weighted by Crippen LogP contribution is 2.33. The molecule has 0 saturated carbocycles. The lowest BCUT2D eigenvalue weighted by Crippen LogP contribution is -2.50. The minimum Gasteiger partial charge on any atom is -0.334 e. The molecule has 130 valence electrons. The van der Waals surface area contributed by atoms with Crippen LogP contribution in [0.15, 0.2) is 24.3 Å². The van der Waals surface area contributed by atoms with Gasteiger partial charge in [-0.05, 0) is 37.0 Å². The van der Waals surface area contributed by atoms with Gasteiger partial charge in [0.15, 0.2) is 0 Å². The van der Waals surface area contributed by atoms with Crippen molar-refractivity contribution in [2.75, 3.05) is 19.6 Å². The lowest BCUT2D eigenvalue weighted by Gasteiger charge is -2.42. The Morgan fingerprint density at radius 2 is 1.75 bits per heavy atom. The van der Waals surface area contributed by atoms with Gasteiger partial charge in [0.1, 0.15) is 5.82 Å². The third-order valence-corrected chi connectivity index (χ3v) is 5.09. The lowest BCUT2D eigenvalue weighted by molar-refractivity contribution is -0.145. The molecule has 1 aromatic carbocycles. The summed E-state index contributed by atoms with van der Waals surface area (Å²) >= 11 is 0. The van der Waals surface area contributed by atoms with E-state index in [1.165, 1.54) is 18.6 Å². The Morgan fingerprint density at radius 3 is 2.46 bits per heavy atom. The molecule has 0 spiro atoms. The molecule has 4 nitrogen and oxygen atoms in total. The molecule has 1 aromatic rings. The van der Waals surface area contributed by atoms with Crippen molar-refractivity contribution in [1.82, 2.24) is 9.80 Å². The fraction of sp³-hybridized carbons (Fsp3) is 0.579. The van der Waals surface area contributed by atoms with Crippen molar-refractivity contribution in [2.45, 2.75) is 51.0 Å². The van der Waals surface area contributed by atoms with Gasteiger partial charge in [-0.15, -0.1) is 0 Å². The van der Waals surface area contributed by atoms with Crippen LogP contribution in [-0.4, -0.2) is 41.2 Å². The van der Waals surface area contributed by atoms with Crippen molar-refractivity contribution in [2.24, 2.45) is 0 Å².